The van der Waals surface area contributed by atoms with Gasteiger partial charge in [-0.15, -0.1) is 0 Å². The van der Waals surface area contributed by atoms with E-state index in [0.29, 0.717) is 6.42 Å². The first-order chi connectivity index (χ1) is 8.08. The lowest BCUT2D eigenvalue weighted by Crippen LogP contribution is -2.20. The van der Waals surface area contributed by atoms with Gasteiger partial charge in [0, 0.05) is 6.42 Å². The summed E-state index contributed by atoms with van der Waals surface area (Å²) < 4.78 is 16.1. The van der Waals surface area contributed by atoms with E-state index in [-0.39, 0.29) is 18.7 Å². The fraction of sp³-hybridized carbons (Fsp3) is 0.462. The Hall–Kier alpha value is -1.71. The molecule has 1 aromatic carbocycles. The van der Waals surface area contributed by atoms with E-state index in [2.05, 4.69) is 0 Å². The highest BCUT2D eigenvalue weighted by atomic mass is 16.7. The van der Waals surface area contributed by atoms with Crippen LogP contribution in [-0.2, 0) is 15.1 Å². The van der Waals surface area contributed by atoms with Gasteiger partial charge in [0.1, 0.15) is 5.60 Å². The quantitative estimate of drug-likeness (QED) is 0.699. The SMILES string of the molecule is C[C@H]1C[C@@](C)(c2ccc3c(c2)OCO3)OC1=O. The second-order valence-electron chi connectivity index (χ2n) is 4.83. The third-order valence-electron chi connectivity index (χ3n) is 3.41. The Kier molecular flexibility index (Phi) is 2.08. The predicted octanol–water partition coefficient (Wildman–Crippen LogP) is 2.21. The van der Waals surface area contributed by atoms with E-state index in [1.165, 1.54) is 0 Å². The summed E-state index contributed by atoms with van der Waals surface area (Å²) in [5.41, 5.74) is 0.414. The van der Waals surface area contributed by atoms with Gasteiger partial charge in [-0.05, 0) is 24.6 Å². The van der Waals surface area contributed by atoms with Gasteiger partial charge in [0.2, 0.25) is 6.79 Å². The monoisotopic (exact) mass is 234 g/mol. The topological polar surface area (TPSA) is 44.8 Å². The molecule has 0 aromatic heterocycles. The molecule has 0 aliphatic carbocycles. The van der Waals surface area contributed by atoms with Gasteiger partial charge in [-0.2, -0.15) is 0 Å². The van der Waals surface area contributed by atoms with Crippen molar-refractivity contribution in [3.8, 4) is 11.5 Å². The zero-order valence-electron chi connectivity index (χ0n) is 9.86. The van der Waals surface area contributed by atoms with Crippen LogP contribution >= 0.6 is 0 Å². The molecule has 1 saturated heterocycles. The average molecular weight is 234 g/mol. The summed E-state index contributed by atoms with van der Waals surface area (Å²) in [6, 6.07) is 5.69. The van der Waals surface area contributed by atoms with Gasteiger partial charge in [0.15, 0.2) is 11.5 Å². The Morgan fingerprint density at radius 2 is 2.06 bits per heavy atom. The van der Waals surface area contributed by atoms with Crippen LogP contribution in [0.1, 0.15) is 25.8 Å². The van der Waals surface area contributed by atoms with Crippen LogP contribution in [0.25, 0.3) is 0 Å². The smallest absolute Gasteiger partial charge is 0.309 e. The fourth-order valence-corrected chi connectivity index (χ4v) is 2.43. The van der Waals surface area contributed by atoms with Crippen molar-refractivity contribution < 1.29 is 19.0 Å². The van der Waals surface area contributed by atoms with Gasteiger partial charge in [0.25, 0.3) is 0 Å². The molecule has 0 radical (unpaired) electrons. The highest BCUT2D eigenvalue weighted by Crippen LogP contribution is 2.43. The van der Waals surface area contributed by atoms with Gasteiger partial charge < -0.3 is 14.2 Å². The molecule has 2 atom stereocenters. The number of carbonyl (C=O) groups is 1. The van der Waals surface area contributed by atoms with Crippen molar-refractivity contribution in [3.63, 3.8) is 0 Å². The standard InChI is InChI=1S/C13H14O4/c1-8-6-13(2,17-12(8)14)9-3-4-10-11(5-9)16-7-15-10/h3-5,8H,6-7H2,1-2H3/t8-,13-/m0/s1. The molecule has 17 heavy (non-hydrogen) atoms. The summed E-state index contributed by atoms with van der Waals surface area (Å²) in [7, 11) is 0. The average Bonchev–Trinajstić information content (AvgIpc) is 2.84. The molecule has 0 bridgehead atoms. The van der Waals surface area contributed by atoms with Crippen LogP contribution < -0.4 is 9.47 Å². The Morgan fingerprint density at radius 1 is 1.29 bits per heavy atom. The minimum absolute atomic E-state index is 0.0505. The zero-order chi connectivity index (χ0) is 12.0. The molecule has 0 unspecified atom stereocenters. The van der Waals surface area contributed by atoms with Crippen LogP contribution in [0.5, 0.6) is 11.5 Å². The highest BCUT2D eigenvalue weighted by molar-refractivity contribution is 5.75. The van der Waals surface area contributed by atoms with Gasteiger partial charge in [-0.25, -0.2) is 0 Å². The third-order valence-corrected chi connectivity index (χ3v) is 3.41. The molecular formula is C13H14O4. The molecule has 0 spiro atoms. The number of benzene rings is 1. The normalized spacial score (nSPS) is 30.5. The highest BCUT2D eigenvalue weighted by Gasteiger charge is 2.42. The molecule has 2 aliphatic rings. The summed E-state index contributed by atoms with van der Waals surface area (Å²) in [5, 5.41) is 0. The molecule has 0 N–H and O–H groups in total. The van der Waals surface area contributed by atoms with Crippen LogP contribution in [-0.4, -0.2) is 12.8 Å². The minimum Gasteiger partial charge on any atom is -0.454 e. The number of rotatable bonds is 1. The van der Waals surface area contributed by atoms with E-state index in [9.17, 15) is 4.79 Å². The number of carbonyl (C=O) groups excluding carboxylic acids is 1. The molecule has 2 heterocycles. The molecule has 0 saturated carbocycles. The number of hydrogen-bond donors (Lipinski definition) is 0. The Labute approximate surface area is 99.5 Å². The van der Waals surface area contributed by atoms with E-state index >= 15 is 0 Å². The van der Waals surface area contributed by atoms with Crippen molar-refractivity contribution in [2.75, 3.05) is 6.79 Å². The molecule has 4 nitrogen and oxygen atoms in total. The van der Waals surface area contributed by atoms with Crippen molar-refractivity contribution in [3.05, 3.63) is 23.8 Å². The Bertz CT molecular complexity index is 482. The Morgan fingerprint density at radius 3 is 2.76 bits per heavy atom. The van der Waals surface area contributed by atoms with Crippen molar-refractivity contribution in [2.45, 2.75) is 25.9 Å². The van der Waals surface area contributed by atoms with Gasteiger partial charge in [0.05, 0.1) is 5.92 Å². The summed E-state index contributed by atoms with van der Waals surface area (Å²) >= 11 is 0. The number of esters is 1. The lowest BCUT2D eigenvalue weighted by molar-refractivity contribution is -0.149. The maximum absolute atomic E-state index is 11.5. The fourth-order valence-electron chi connectivity index (χ4n) is 2.43. The summed E-state index contributed by atoms with van der Waals surface area (Å²) in [6.07, 6.45) is 0.700. The van der Waals surface area contributed by atoms with E-state index < -0.39 is 5.60 Å². The van der Waals surface area contributed by atoms with E-state index in [1.807, 2.05) is 32.0 Å². The lowest BCUT2D eigenvalue weighted by Gasteiger charge is -2.23. The van der Waals surface area contributed by atoms with Crippen LogP contribution in [0.15, 0.2) is 18.2 Å². The first-order valence-corrected chi connectivity index (χ1v) is 5.71. The van der Waals surface area contributed by atoms with Crippen molar-refractivity contribution >= 4 is 5.97 Å². The first kappa shape index (κ1) is 10.4. The second-order valence-corrected chi connectivity index (χ2v) is 4.83. The predicted molar refractivity (Wildman–Crippen MR) is 59.8 cm³/mol. The number of cyclic esters (lactones) is 1. The van der Waals surface area contributed by atoms with Crippen LogP contribution in [0, 0.1) is 5.92 Å². The molecular weight excluding hydrogens is 220 g/mol. The lowest BCUT2D eigenvalue weighted by atomic mass is 9.89. The minimum atomic E-state index is -0.544. The van der Waals surface area contributed by atoms with Crippen molar-refractivity contribution in [1.29, 1.82) is 0 Å². The van der Waals surface area contributed by atoms with Gasteiger partial charge in [-0.3, -0.25) is 4.79 Å². The van der Waals surface area contributed by atoms with Gasteiger partial charge in [-0.1, -0.05) is 13.0 Å². The molecule has 2 aliphatic heterocycles. The van der Waals surface area contributed by atoms with E-state index in [4.69, 9.17) is 14.2 Å². The molecule has 4 heteroatoms. The largest absolute Gasteiger partial charge is 0.454 e. The molecule has 1 fully saturated rings. The number of ether oxygens (including phenoxy) is 3. The Balaban J connectivity index is 1.97. The summed E-state index contributed by atoms with van der Waals surface area (Å²) in [6.45, 7) is 4.08. The number of hydrogen-bond acceptors (Lipinski definition) is 4. The molecule has 90 valence electrons. The van der Waals surface area contributed by atoms with E-state index in [1.54, 1.807) is 0 Å². The molecule has 0 amide bonds. The molecule has 1 aromatic rings. The number of fused-ring (bicyclic) bond motifs is 1. The first-order valence-electron chi connectivity index (χ1n) is 5.71. The second kappa shape index (κ2) is 3.39. The summed E-state index contributed by atoms with van der Waals surface area (Å²) in [4.78, 5) is 11.5. The maximum atomic E-state index is 11.5. The van der Waals surface area contributed by atoms with Crippen molar-refractivity contribution in [1.82, 2.24) is 0 Å². The van der Waals surface area contributed by atoms with Crippen LogP contribution in [0.3, 0.4) is 0 Å². The van der Waals surface area contributed by atoms with Crippen LogP contribution in [0.4, 0.5) is 0 Å². The zero-order valence-corrected chi connectivity index (χ0v) is 9.86. The third kappa shape index (κ3) is 1.55. The van der Waals surface area contributed by atoms with Crippen molar-refractivity contribution in [2.24, 2.45) is 5.92 Å². The van der Waals surface area contributed by atoms with Gasteiger partial charge >= 0.3 is 5.97 Å². The van der Waals surface area contributed by atoms with E-state index in [0.717, 1.165) is 17.1 Å². The molecule has 3 rings (SSSR count). The van der Waals surface area contributed by atoms with Crippen LogP contribution in [0.2, 0.25) is 0 Å². The summed E-state index contributed by atoms with van der Waals surface area (Å²) in [5.74, 6) is 1.28. The maximum Gasteiger partial charge on any atom is 0.309 e.